The highest BCUT2D eigenvalue weighted by atomic mass is 19.1. The maximum absolute atomic E-state index is 13.2. The molecule has 1 atom stereocenters. The molecule has 1 N–H and O–H groups in total. The maximum Gasteiger partial charge on any atom is 0.330 e. The van der Waals surface area contributed by atoms with Gasteiger partial charge in [0.05, 0.1) is 7.11 Å². The van der Waals surface area contributed by atoms with Gasteiger partial charge in [0.2, 0.25) is 0 Å². The summed E-state index contributed by atoms with van der Waals surface area (Å²) in [6.07, 6.45) is 1.52. The SMILES string of the molecule is COC(=O)[C@]1(c2cccc(F)c2)CCCN1. The molecule has 1 heterocycles. The van der Waals surface area contributed by atoms with E-state index in [2.05, 4.69) is 5.32 Å². The summed E-state index contributed by atoms with van der Waals surface area (Å²) in [4.78, 5) is 11.8. The molecule has 1 aliphatic rings. The van der Waals surface area contributed by atoms with Crippen molar-refractivity contribution in [2.45, 2.75) is 18.4 Å². The number of nitrogens with one attached hydrogen (secondary N) is 1. The molecule has 1 aliphatic heterocycles. The Morgan fingerprint density at radius 3 is 2.94 bits per heavy atom. The van der Waals surface area contributed by atoms with E-state index in [1.165, 1.54) is 19.2 Å². The van der Waals surface area contributed by atoms with Gasteiger partial charge in [-0.15, -0.1) is 0 Å². The van der Waals surface area contributed by atoms with E-state index in [-0.39, 0.29) is 11.8 Å². The van der Waals surface area contributed by atoms with E-state index in [0.29, 0.717) is 12.0 Å². The fourth-order valence-corrected chi connectivity index (χ4v) is 2.21. The normalized spacial score (nSPS) is 24.4. The van der Waals surface area contributed by atoms with Crippen LogP contribution in [0.1, 0.15) is 18.4 Å². The highest BCUT2D eigenvalue weighted by Gasteiger charge is 2.43. The molecule has 1 saturated heterocycles. The second kappa shape index (κ2) is 4.22. The molecule has 0 radical (unpaired) electrons. The van der Waals surface area contributed by atoms with Gasteiger partial charge in [0, 0.05) is 0 Å². The molecule has 0 saturated carbocycles. The number of methoxy groups -OCH3 is 1. The Morgan fingerprint density at radius 1 is 1.56 bits per heavy atom. The molecule has 1 fully saturated rings. The lowest BCUT2D eigenvalue weighted by molar-refractivity contribution is -0.148. The first-order valence-electron chi connectivity index (χ1n) is 5.28. The van der Waals surface area contributed by atoms with Gasteiger partial charge in [0.15, 0.2) is 0 Å². The summed E-state index contributed by atoms with van der Waals surface area (Å²) in [5.74, 6) is -0.690. The van der Waals surface area contributed by atoms with E-state index in [0.717, 1.165) is 13.0 Å². The second-order valence-corrected chi connectivity index (χ2v) is 3.94. The zero-order chi connectivity index (χ0) is 11.6. The first-order chi connectivity index (χ1) is 7.69. The van der Waals surface area contributed by atoms with E-state index in [4.69, 9.17) is 4.74 Å². The van der Waals surface area contributed by atoms with Crippen LogP contribution in [0.3, 0.4) is 0 Å². The van der Waals surface area contributed by atoms with Crippen LogP contribution < -0.4 is 5.32 Å². The molecule has 16 heavy (non-hydrogen) atoms. The van der Waals surface area contributed by atoms with Gasteiger partial charge in [-0.05, 0) is 37.1 Å². The average Bonchev–Trinajstić information content (AvgIpc) is 2.78. The molecule has 2 rings (SSSR count). The van der Waals surface area contributed by atoms with Gasteiger partial charge >= 0.3 is 5.97 Å². The van der Waals surface area contributed by atoms with Crippen LogP contribution in [0, 0.1) is 5.82 Å². The predicted molar refractivity (Wildman–Crippen MR) is 57.3 cm³/mol. The van der Waals surface area contributed by atoms with Gasteiger partial charge in [-0.2, -0.15) is 0 Å². The van der Waals surface area contributed by atoms with Crippen molar-refractivity contribution in [3.8, 4) is 0 Å². The Labute approximate surface area is 93.6 Å². The Kier molecular flexibility index (Phi) is 2.92. The second-order valence-electron chi connectivity index (χ2n) is 3.94. The van der Waals surface area contributed by atoms with Crippen molar-refractivity contribution in [1.29, 1.82) is 0 Å². The fourth-order valence-electron chi connectivity index (χ4n) is 2.21. The number of halogens is 1. The molecule has 0 aromatic heterocycles. The van der Waals surface area contributed by atoms with E-state index >= 15 is 0 Å². The van der Waals surface area contributed by atoms with Crippen molar-refractivity contribution in [3.63, 3.8) is 0 Å². The number of esters is 1. The standard InChI is InChI=1S/C12H14FNO2/c1-16-11(15)12(6-3-7-14-12)9-4-2-5-10(13)8-9/h2,4-5,8,14H,3,6-7H2,1H3/t12-/m1/s1. The van der Waals surface area contributed by atoms with Crippen molar-refractivity contribution in [2.75, 3.05) is 13.7 Å². The minimum absolute atomic E-state index is 0.338. The quantitative estimate of drug-likeness (QED) is 0.773. The van der Waals surface area contributed by atoms with Crippen LogP contribution in [0.2, 0.25) is 0 Å². The Bertz CT molecular complexity index is 400. The number of benzene rings is 1. The highest BCUT2D eigenvalue weighted by molar-refractivity contribution is 5.83. The fraction of sp³-hybridized carbons (Fsp3) is 0.417. The maximum atomic E-state index is 13.2. The van der Waals surface area contributed by atoms with Crippen LogP contribution in [0.4, 0.5) is 4.39 Å². The molecule has 0 spiro atoms. The van der Waals surface area contributed by atoms with Crippen LogP contribution in [0.25, 0.3) is 0 Å². The molecule has 0 bridgehead atoms. The Hall–Kier alpha value is -1.42. The van der Waals surface area contributed by atoms with Gasteiger partial charge in [0.1, 0.15) is 11.4 Å². The van der Waals surface area contributed by atoms with Gasteiger partial charge < -0.3 is 4.74 Å². The lowest BCUT2D eigenvalue weighted by Crippen LogP contribution is -2.45. The largest absolute Gasteiger partial charge is 0.467 e. The third kappa shape index (κ3) is 1.69. The lowest BCUT2D eigenvalue weighted by atomic mass is 9.88. The van der Waals surface area contributed by atoms with Gasteiger partial charge in [0.25, 0.3) is 0 Å². The van der Waals surface area contributed by atoms with E-state index in [1.807, 2.05) is 0 Å². The number of rotatable bonds is 2. The molecule has 0 unspecified atom stereocenters. The van der Waals surface area contributed by atoms with Crippen molar-refractivity contribution < 1.29 is 13.9 Å². The van der Waals surface area contributed by atoms with Crippen molar-refractivity contribution in [3.05, 3.63) is 35.6 Å². The van der Waals surface area contributed by atoms with Gasteiger partial charge in [-0.1, -0.05) is 12.1 Å². The minimum Gasteiger partial charge on any atom is -0.467 e. The summed E-state index contributed by atoms with van der Waals surface area (Å²) in [6, 6.07) is 6.10. The van der Waals surface area contributed by atoms with Crippen LogP contribution in [0.15, 0.2) is 24.3 Å². The summed E-state index contributed by atoms with van der Waals surface area (Å²) in [7, 11) is 1.35. The van der Waals surface area contributed by atoms with Crippen molar-refractivity contribution >= 4 is 5.97 Å². The summed E-state index contributed by atoms with van der Waals surface area (Å²) < 4.78 is 18.0. The highest BCUT2D eigenvalue weighted by Crippen LogP contribution is 2.32. The number of hydrogen-bond donors (Lipinski definition) is 1. The molecule has 0 aliphatic carbocycles. The van der Waals surface area contributed by atoms with Gasteiger partial charge in [-0.25, -0.2) is 9.18 Å². The summed E-state index contributed by atoms with van der Waals surface area (Å²) in [6.45, 7) is 0.742. The number of ether oxygens (including phenoxy) is 1. The van der Waals surface area contributed by atoms with E-state index in [9.17, 15) is 9.18 Å². The van der Waals surface area contributed by atoms with Crippen molar-refractivity contribution in [1.82, 2.24) is 5.32 Å². The van der Waals surface area contributed by atoms with Gasteiger partial charge in [-0.3, -0.25) is 5.32 Å². The Morgan fingerprint density at radius 2 is 2.38 bits per heavy atom. The molecular formula is C12H14FNO2. The lowest BCUT2D eigenvalue weighted by Gasteiger charge is -2.26. The molecule has 1 aromatic carbocycles. The topological polar surface area (TPSA) is 38.3 Å². The zero-order valence-corrected chi connectivity index (χ0v) is 9.13. The first kappa shape index (κ1) is 11.1. The number of carbonyl (C=O) groups excluding carboxylic acids is 1. The predicted octanol–water partition coefficient (Wildman–Crippen LogP) is 1.58. The first-order valence-corrected chi connectivity index (χ1v) is 5.28. The summed E-state index contributed by atoms with van der Waals surface area (Å²) >= 11 is 0. The monoisotopic (exact) mass is 223 g/mol. The van der Waals surface area contributed by atoms with Crippen LogP contribution >= 0.6 is 0 Å². The third-order valence-electron chi connectivity index (χ3n) is 3.01. The minimum atomic E-state index is -0.864. The molecule has 0 amide bonds. The molecule has 86 valence electrons. The van der Waals surface area contributed by atoms with Crippen LogP contribution in [-0.4, -0.2) is 19.6 Å². The molecule has 1 aromatic rings. The number of hydrogen-bond acceptors (Lipinski definition) is 3. The molecule has 3 nitrogen and oxygen atoms in total. The van der Waals surface area contributed by atoms with E-state index < -0.39 is 5.54 Å². The van der Waals surface area contributed by atoms with Crippen LogP contribution in [-0.2, 0) is 15.1 Å². The molecular weight excluding hydrogens is 209 g/mol. The Balaban J connectivity index is 2.43. The van der Waals surface area contributed by atoms with Crippen molar-refractivity contribution in [2.24, 2.45) is 0 Å². The average molecular weight is 223 g/mol. The van der Waals surface area contributed by atoms with Crippen LogP contribution in [0.5, 0.6) is 0 Å². The summed E-state index contributed by atoms with van der Waals surface area (Å²) in [5, 5.41) is 3.12. The third-order valence-corrected chi connectivity index (χ3v) is 3.01. The smallest absolute Gasteiger partial charge is 0.330 e. The zero-order valence-electron chi connectivity index (χ0n) is 9.13. The number of carbonyl (C=O) groups is 1. The van der Waals surface area contributed by atoms with E-state index in [1.54, 1.807) is 12.1 Å². The molecule has 4 heteroatoms. The summed E-state index contributed by atoms with van der Waals surface area (Å²) in [5.41, 5.74) is -0.228.